The van der Waals surface area contributed by atoms with Crippen molar-refractivity contribution in [3.05, 3.63) is 23.3 Å². The first-order valence-electron chi connectivity index (χ1n) is 10.2. The number of hydrogen-bond acceptors (Lipinski definition) is 5. The third-order valence-electron chi connectivity index (χ3n) is 6.96. The molecule has 1 fully saturated rings. The smallest absolute Gasteiger partial charge is 0.334 e. The second kappa shape index (κ2) is 7.78. The fraction of sp³-hybridized carbons (Fsp3) is 0.727. The van der Waals surface area contributed by atoms with Gasteiger partial charge in [-0.15, -0.1) is 0 Å². The number of allylic oxidation sites excluding steroid dienone is 4. The molecule has 1 saturated heterocycles. The van der Waals surface area contributed by atoms with Crippen LogP contribution in [0.1, 0.15) is 72.1 Å². The van der Waals surface area contributed by atoms with Crippen molar-refractivity contribution in [2.24, 2.45) is 11.0 Å². The van der Waals surface area contributed by atoms with Gasteiger partial charge in [0.05, 0.1) is 18.8 Å². The number of hydrazone groups is 1. The number of esters is 1. The molecule has 0 aliphatic carbocycles. The molecule has 0 unspecified atom stereocenters. The lowest BCUT2D eigenvalue weighted by molar-refractivity contribution is -0.187. The van der Waals surface area contributed by atoms with E-state index in [1.54, 1.807) is 0 Å². The third-order valence-corrected chi connectivity index (χ3v) is 6.96. The number of nitrogens with zero attached hydrogens (tertiary/aromatic N) is 2. The van der Waals surface area contributed by atoms with Crippen LogP contribution in [0.25, 0.3) is 0 Å². The highest BCUT2D eigenvalue weighted by Crippen LogP contribution is 2.50. The van der Waals surface area contributed by atoms with Gasteiger partial charge in [0.25, 0.3) is 0 Å². The molecule has 0 aromatic heterocycles. The summed E-state index contributed by atoms with van der Waals surface area (Å²) in [4.78, 5) is 13.0. The molecule has 5 heteroatoms. The Kier molecular flexibility index (Phi) is 5.80. The van der Waals surface area contributed by atoms with Crippen LogP contribution < -0.4 is 0 Å². The zero-order valence-corrected chi connectivity index (χ0v) is 17.2. The minimum absolute atomic E-state index is 0.0269. The maximum Gasteiger partial charge on any atom is 0.334 e. The van der Waals surface area contributed by atoms with Gasteiger partial charge in [0.15, 0.2) is 5.54 Å². The average Bonchev–Trinajstić information content (AvgIpc) is 3.09. The van der Waals surface area contributed by atoms with Crippen LogP contribution in [0.4, 0.5) is 0 Å². The van der Waals surface area contributed by atoms with E-state index in [0.29, 0.717) is 12.8 Å². The standard InChI is InChI=1S/C22H34N2O3/c1-16-7-5-8-17(2)10-11-18-15-19(25)21(3,12-6-9-16)24-22(18,13-14-23-24)20(26)27-4/h8-9,14,18-19,25H,5-7,10-13,15H2,1-4H3/b16-9+,17-8+/t18-,19+,21-,22-/m0/s1. The van der Waals surface area contributed by atoms with Gasteiger partial charge in [0, 0.05) is 12.6 Å². The van der Waals surface area contributed by atoms with E-state index in [1.807, 2.05) is 11.2 Å². The maximum absolute atomic E-state index is 13.0. The monoisotopic (exact) mass is 374 g/mol. The number of aliphatic hydroxyl groups is 1. The minimum atomic E-state index is -0.786. The molecule has 3 rings (SSSR count). The Labute approximate surface area is 163 Å². The second-order valence-corrected chi connectivity index (χ2v) is 8.75. The van der Waals surface area contributed by atoms with Gasteiger partial charge in [-0.25, -0.2) is 4.79 Å². The van der Waals surface area contributed by atoms with Crippen molar-refractivity contribution in [2.75, 3.05) is 7.11 Å². The normalized spacial score (nSPS) is 41.1. The van der Waals surface area contributed by atoms with Crippen molar-refractivity contribution in [1.82, 2.24) is 5.01 Å². The fourth-order valence-electron chi connectivity index (χ4n) is 5.14. The van der Waals surface area contributed by atoms with E-state index in [2.05, 4.69) is 38.0 Å². The van der Waals surface area contributed by atoms with Crippen LogP contribution in [0.5, 0.6) is 0 Å². The van der Waals surface area contributed by atoms with Crippen LogP contribution >= 0.6 is 0 Å². The molecule has 3 aliphatic rings. The third kappa shape index (κ3) is 3.46. The molecule has 2 bridgehead atoms. The Morgan fingerprint density at radius 3 is 2.70 bits per heavy atom. The summed E-state index contributed by atoms with van der Waals surface area (Å²) in [6.07, 6.45) is 12.7. The lowest BCUT2D eigenvalue weighted by atomic mass is 9.66. The average molecular weight is 375 g/mol. The Morgan fingerprint density at radius 1 is 1.26 bits per heavy atom. The van der Waals surface area contributed by atoms with E-state index in [0.717, 1.165) is 38.5 Å². The number of methoxy groups -OCH3 is 1. The fourth-order valence-corrected chi connectivity index (χ4v) is 5.14. The summed E-state index contributed by atoms with van der Waals surface area (Å²) < 4.78 is 5.27. The van der Waals surface area contributed by atoms with Crippen LogP contribution in [0.15, 0.2) is 28.4 Å². The maximum atomic E-state index is 13.0. The van der Waals surface area contributed by atoms with Crippen molar-refractivity contribution in [3.63, 3.8) is 0 Å². The molecule has 3 aliphatic heterocycles. The molecule has 5 nitrogen and oxygen atoms in total. The topological polar surface area (TPSA) is 62.1 Å². The van der Waals surface area contributed by atoms with Gasteiger partial charge in [0.2, 0.25) is 0 Å². The van der Waals surface area contributed by atoms with E-state index >= 15 is 0 Å². The number of piperidine rings is 1. The Morgan fingerprint density at radius 2 is 1.96 bits per heavy atom. The van der Waals surface area contributed by atoms with Crippen molar-refractivity contribution in [3.8, 4) is 0 Å². The van der Waals surface area contributed by atoms with E-state index in [9.17, 15) is 9.90 Å². The molecule has 0 saturated carbocycles. The summed E-state index contributed by atoms with van der Waals surface area (Å²) >= 11 is 0. The molecule has 0 aromatic rings. The number of aliphatic hydroxyl groups excluding tert-OH is 1. The second-order valence-electron chi connectivity index (χ2n) is 8.75. The highest BCUT2D eigenvalue weighted by atomic mass is 16.5. The number of hydrogen-bond donors (Lipinski definition) is 1. The molecular weight excluding hydrogens is 340 g/mol. The quantitative estimate of drug-likeness (QED) is 0.557. The Balaban J connectivity index is 2.03. The van der Waals surface area contributed by atoms with E-state index in [1.165, 1.54) is 18.3 Å². The highest BCUT2D eigenvalue weighted by molar-refractivity contribution is 5.87. The van der Waals surface area contributed by atoms with Gasteiger partial charge in [-0.05, 0) is 71.6 Å². The molecular formula is C22H34N2O3. The highest BCUT2D eigenvalue weighted by Gasteiger charge is 2.63. The minimum Gasteiger partial charge on any atom is -0.467 e. The van der Waals surface area contributed by atoms with Crippen LogP contribution in [-0.4, -0.2) is 46.6 Å². The van der Waals surface area contributed by atoms with Crippen LogP contribution in [0.3, 0.4) is 0 Å². The molecule has 150 valence electrons. The lowest BCUT2D eigenvalue weighted by Gasteiger charge is -2.56. The van der Waals surface area contributed by atoms with Crippen molar-refractivity contribution >= 4 is 12.2 Å². The van der Waals surface area contributed by atoms with Crippen molar-refractivity contribution < 1.29 is 14.6 Å². The number of carbonyl (C=O) groups is 1. The lowest BCUT2D eigenvalue weighted by Crippen LogP contribution is -2.70. The van der Waals surface area contributed by atoms with Gasteiger partial charge < -0.3 is 9.84 Å². The van der Waals surface area contributed by atoms with Crippen LogP contribution in [0.2, 0.25) is 0 Å². The summed E-state index contributed by atoms with van der Waals surface area (Å²) in [6.45, 7) is 6.40. The first kappa shape index (κ1) is 20.1. The zero-order valence-electron chi connectivity index (χ0n) is 17.2. The Hall–Kier alpha value is -1.62. The van der Waals surface area contributed by atoms with Gasteiger partial charge in [-0.2, -0.15) is 5.10 Å². The summed E-state index contributed by atoms with van der Waals surface area (Å²) in [5.74, 6) is -0.192. The zero-order chi connectivity index (χ0) is 19.7. The molecule has 0 radical (unpaired) electrons. The number of ether oxygens (including phenoxy) is 1. The van der Waals surface area contributed by atoms with E-state index < -0.39 is 17.2 Å². The van der Waals surface area contributed by atoms with Gasteiger partial charge >= 0.3 is 5.97 Å². The first-order chi connectivity index (χ1) is 12.8. The van der Waals surface area contributed by atoms with Crippen LogP contribution in [0, 0.1) is 5.92 Å². The molecule has 27 heavy (non-hydrogen) atoms. The summed E-state index contributed by atoms with van der Waals surface area (Å²) in [5, 5.41) is 17.7. The van der Waals surface area contributed by atoms with E-state index in [-0.39, 0.29) is 11.9 Å². The molecule has 1 N–H and O–H groups in total. The van der Waals surface area contributed by atoms with E-state index in [4.69, 9.17) is 4.74 Å². The first-order valence-corrected chi connectivity index (χ1v) is 10.2. The summed E-state index contributed by atoms with van der Waals surface area (Å²) in [7, 11) is 1.46. The van der Waals surface area contributed by atoms with Crippen molar-refractivity contribution in [1.29, 1.82) is 0 Å². The number of carbonyl (C=O) groups excluding carboxylic acids is 1. The van der Waals surface area contributed by atoms with Gasteiger partial charge in [0.1, 0.15) is 0 Å². The van der Waals surface area contributed by atoms with Crippen LogP contribution in [-0.2, 0) is 9.53 Å². The van der Waals surface area contributed by atoms with Crippen molar-refractivity contribution in [2.45, 2.75) is 89.3 Å². The summed E-state index contributed by atoms with van der Waals surface area (Å²) in [5.41, 5.74) is 1.38. The predicted molar refractivity (Wildman–Crippen MR) is 107 cm³/mol. The van der Waals surface area contributed by atoms with Gasteiger partial charge in [-0.3, -0.25) is 5.01 Å². The molecule has 4 atom stereocenters. The molecule has 0 amide bonds. The largest absolute Gasteiger partial charge is 0.467 e. The number of rotatable bonds is 1. The van der Waals surface area contributed by atoms with Gasteiger partial charge in [-0.1, -0.05) is 23.3 Å². The predicted octanol–water partition coefficient (Wildman–Crippen LogP) is 3.98. The summed E-state index contributed by atoms with van der Waals surface area (Å²) in [6, 6.07) is 0. The Bertz CT molecular complexity index is 668. The molecule has 0 aromatic carbocycles. The molecule has 3 heterocycles. The molecule has 0 spiro atoms. The SMILES string of the molecule is COC(=O)[C@@]12CC=NN1[C@@]1(C)CC/C=C(\C)CC/C=C(\C)CC[C@H]2C[C@H]1O.